The Labute approximate surface area is 208 Å². The lowest BCUT2D eigenvalue weighted by Gasteiger charge is -2.27. The van der Waals surface area contributed by atoms with Gasteiger partial charge in [0.25, 0.3) is 11.8 Å². The summed E-state index contributed by atoms with van der Waals surface area (Å²) < 4.78 is 11.2. The lowest BCUT2D eigenvalue weighted by Crippen LogP contribution is -2.54. The van der Waals surface area contributed by atoms with Crippen LogP contribution in [0.15, 0.2) is 35.9 Å². The van der Waals surface area contributed by atoms with Crippen molar-refractivity contribution in [2.24, 2.45) is 0 Å². The molecule has 0 spiro atoms. The third-order valence-electron chi connectivity index (χ3n) is 5.32. The number of nitrogens with zero attached hydrogens (tertiary/aromatic N) is 1. The van der Waals surface area contributed by atoms with E-state index in [1.54, 1.807) is 31.2 Å². The van der Waals surface area contributed by atoms with Crippen LogP contribution in [0.1, 0.15) is 43.7 Å². The van der Waals surface area contributed by atoms with E-state index in [0.29, 0.717) is 34.3 Å². The second-order valence-corrected chi connectivity index (χ2v) is 8.68. The monoisotopic (exact) mass is 504 g/mol. The number of aryl methyl sites for hydroxylation is 1. The Morgan fingerprint density at radius 2 is 1.82 bits per heavy atom. The van der Waals surface area contributed by atoms with E-state index in [9.17, 15) is 14.4 Å². The maximum absolute atomic E-state index is 13.2. The number of hydrogen-bond acceptors (Lipinski definition) is 5. The molecular formula is C25H26Cl2N2O5. The van der Waals surface area contributed by atoms with Gasteiger partial charge in [-0.25, -0.2) is 9.69 Å². The highest BCUT2D eigenvalue weighted by Crippen LogP contribution is 2.37. The minimum atomic E-state index is -0.847. The van der Waals surface area contributed by atoms with Crippen molar-refractivity contribution in [3.63, 3.8) is 0 Å². The summed E-state index contributed by atoms with van der Waals surface area (Å²) in [5.41, 5.74) is 1.14. The van der Waals surface area contributed by atoms with Crippen LogP contribution in [-0.4, -0.2) is 31.6 Å². The topological polar surface area (TPSA) is 84.9 Å². The molecule has 0 aromatic heterocycles. The molecule has 3 rings (SSSR count). The van der Waals surface area contributed by atoms with E-state index >= 15 is 0 Å². The van der Waals surface area contributed by atoms with Crippen LogP contribution in [0.5, 0.6) is 11.5 Å². The molecule has 0 aliphatic carbocycles. The molecule has 0 radical (unpaired) electrons. The van der Waals surface area contributed by atoms with Crippen LogP contribution in [0.25, 0.3) is 6.08 Å². The molecule has 1 heterocycles. The van der Waals surface area contributed by atoms with Crippen LogP contribution in [0.2, 0.25) is 10.0 Å². The van der Waals surface area contributed by atoms with E-state index in [4.69, 9.17) is 32.7 Å². The normalized spacial score (nSPS) is 15.0. The third-order valence-corrected chi connectivity index (χ3v) is 5.84. The number of carbonyl (C=O) groups is 3. The zero-order valence-electron chi connectivity index (χ0n) is 19.2. The molecule has 34 heavy (non-hydrogen) atoms. The van der Waals surface area contributed by atoms with Gasteiger partial charge in [-0.2, -0.15) is 0 Å². The Kier molecular flexibility index (Phi) is 8.58. The fourth-order valence-corrected chi connectivity index (χ4v) is 3.97. The van der Waals surface area contributed by atoms with Crippen molar-refractivity contribution in [2.45, 2.75) is 39.5 Å². The van der Waals surface area contributed by atoms with Crippen molar-refractivity contribution in [1.82, 2.24) is 5.32 Å². The number of amides is 4. The molecule has 1 aliphatic heterocycles. The predicted octanol–water partition coefficient (Wildman–Crippen LogP) is 5.94. The first-order chi connectivity index (χ1) is 16.3. The van der Waals surface area contributed by atoms with Crippen molar-refractivity contribution in [2.75, 3.05) is 18.6 Å². The number of halogens is 2. The second-order valence-electron chi connectivity index (χ2n) is 7.83. The number of benzene rings is 2. The van der Waals surface area contributed by atoms with Crippen LogP contribution in [0, 0.1) is 6.92 Å². The molecular weight excluding hydrogens is 479 g/mol. The number of carbonyl (C=O) groups excluding carboxylic acids is 3. The number of urea groups is 1. The zero-order chi connectivity index (χ0) is 24.8. The van der Waals surface area contributed by atoms with Gasteiger partial charge in [-0.15, -0.1) is 0 Å². The van der Waals surface area contributed by atoms with Crippen LogP contribution >= 0.6 is 23.2 Å². The third kappa shape index (κ3) is 5.72. The van der Waals surface area contributed by atoms with E-state index in [1.807, 2.05) is 0 Å². The number of rotatable bonds is 9. The summed E-state index contributed by atoms with van der Waals surface area (Å²) >= 11 is 12.5. The largest absolute Gasteiger partial charge is 0.493 e. The first-order valence-corrected chi connectivity index (χ1v) is 11.7. The van der Waals surface area contributed by atoms with Gasteiger partial charge in [-0.3, -0.25) is 14.9 Å². The summed E-state index contributed by atoms with van der Waals surface area (Å²) in [6.45, 7) is 4.36. The number of unbranched alkanes of at least 4 members (excludes halogenated alkanes) is 3. The van der Waals surface area contributed by atoms with Crippen LogP contribution in [0.3, 0.4) is 0 Å². The van der Waals surface area contributed by atoms with Gasteiger partial charge in [0.1, 0.15) is 5.57 Å². The molecule has 7 nitrogen and oxygen atoms in total. The Balaban J connectivity index is 1.92. The molecule has 4 amide bonds. The highest BCUT2D eigenvalue weighted by molar-refractivity contribution is 6.40. The molecule has 0 unspecified atom stereocenters. The van der Waals surface area contributed by atoms with Crippen LogP contribution in [-0.2, 0) is 9.59 Å². The second kappa shape index (κ2) is 11.4. The number of barbiturate groups is 1. The van der Waals surface area contributed by atoms with Crippen molar-refractivity contribution < 1.29 is 23.9 Å². The van der Waals surface area contributed by atoms with E-state index in [2.05, 4.69) is 12.2 Å². The minimum absolute atomic E-state index is 0.231. The van der Waals surface area contributed by atoms with Crippen LogP contribution in [0.4, 0.5) is 10.5 Å². The Bertz CT molecular complexity index is 1150. The van der Waals surface area contributed by atoms with Gasteiger partial charge in [0, 0.05) is 5.02 Å². The Hall–Kier alpha value is -3.03. The highest BCUT2D eigenvalue weighted by atomic mass is 35.5. The number of hydrogen-bond donors (Lipinski definition) is 1. The zero-order valence-corrected chi connectivity index (χ0v) is 20.8. The number of imide groups is 2. The smallest absolute Gasteiger partial charge is 0.335 e. The van der Waals surface area contributed by atoms with E-state index in [-0.39, 0.29) is 16.3 Å². The SMILES string of the molecule is CCCCCCOc1c(Cl)cc(/C=C2\C(=O)NC(=O)N(c3cc(Cl)ccc3C)C2=O)cc1OC. The summed E-state index contributed by atoms with van der Waals surface area (Å²) in [4.78, 5) is 39.1. The van der Waals surface area contributed by atoms with Crippen molar-refractivity contribution in [3.05, 3.63) is 57.1 Å². The summed E-state index contributed by atoms with van der Waals surface area (Å²) in [5, 5.41) is 2.84. The molecule has 0 bridgehead atoms. The van der Waals surface area contributed by atoms with Crippen molar-refractivity contribution in [1.29, 1.82) is 0 Å². The van der Waals surface area contributed by atoms with Gasteiger partial charge >= 0.3 is 6.03 Å². The fourth-order valence-electron chi connectivity index (χ4n) is 3.53. The Morgan fingerprint density at radius 3 is 2.53 bits per heavy atom. The van der Waals surface area contributed by atoms with Gasteiger partial charge in [-0.1, -0.05) is 55.5 Å². The molecule has 0 atom stereocenters. The van der Waals surface area contributed by atoms with Crippen molar-refractivity contribution >= 4 is 52.8 Å². The molecule has 2 aromatic rings. The van der Waals surface area contributed by atoms with Crippen LogP contribution < -0.4 is 19.7 Å². The molecule has 180 valence electrons. The van der Waals surface area contributed by atoms with Gasteiger partial charge < -0.3 is 9.47 Å². The first kappa shape index (κ1) is 25.6. The summed E-state index contributed by atoms with van der Waals surface area (Å²) in [6.07, 6.45) is 5.56. The highest BCUT2D eigenvalue weighted by Gasteiger charge is 2.37. The summed E-state index contributed by atoms with van der Waals surface area (Å²) in [7, 11) is 1.48. The van der Waals surface area contributed by atoms with E-state index in [0.717, 1.165) is 30.6 Å². The van der Waals surface area contributed by atoms with Gasteiger partial charge in [0.15, 0.2) is 11.5 Å². The molecule has 2 aromatic carbocycles. The number of anilines is 1. The number of ether oxygens (including phenoxy) is 2. The number of methoxy groups -OCH3 is 1. The standard InChI is InChI=1S/C25H26Cl2N2O5/c1-4-5-6-7-10-34-22-19(27)12-16(13-21(22)33-3)11-18-23(30)28-25(32)29(24(18)31)20-14-17(26)9-8-15(20)2/h8-9,11-14H,4-7,10H2,1-3H3,(H,28,30,32)/b18-11+. The molecule has 0 saturated carbocycles. The Morgan fingerprint density at radius 1 is 1.06 bits per heavy atom. The molecule has 9 heteroatoms. The van der Waals surface area contributed by atoms with Crippen molar-refractivity contribution in [3.8, 4) is 11.5 Å². The maximum atomic E-state index is 13.2. The van der Waals surface area contributed by atoms with Gasteiger partial charge in [-0.05, 0) is 54.8 Å². The summed E-state index contributed by atoms with van der Waals surface area (Å²) in [5.74, 6) is -0.812. The quantitative estimate of drug-likeness (QED) is 0.259. The van der Waals surface area contributed by atoms with Gasteiger partial charge in [0.05, 0.1) is 24.4 Å². The first-order valence-electron chi connectivity index (χ1n) is 10.9. The van der Waals surface area contributed by atoms with E-state index < -0.39 is 17.8 Å². The molecule has 1 aliphatic rings. The number of nitrogens with one attached hydrogen (secondary N) is 1. The average molecular weight is 505 g/mol. The molecule has 1 fully saturated rings. The predicted molar refractivity (Wildman–Crippen MR) is 133 cm³/mol. The maximum Gasteiger partial charge on any atom is 0.335 e. The average Bonchev–Trinajstić information content (AvgIpc) is 2.79. The van der Waals surface area contributed by atoms with E-state index in [1.165, 1.54) is 19.3 Å². The summed E-state index contributed by atoms with van der Waals surface area (Å²) in [6, 6.07) is 7.17. The molecule has 1 N–H and O–H groups in total. The fraction of sp³-hybridized carbons (Fsp3) is 0.320. The molecule has 1 saturated heterocycles. The minimum Gasteiger partial charge on any atom is -0.493 e. The van der Waals surface area contributed by atoms with Gasteiger partial charge in [0.2, 0.25) is 0 Å². The lowest BCUT2D eigenvalue weighted by molar-refractivity contribution is -0.122. The lowest BCUT2D eigenvalue weighted by atomic mass is 10.1.